The van der Waals surface area contributed by atoms with E-state index in [-0.39, 0.29) is 6.61 Å². The lowest BCUT2D eigenvalue weighted by Gasteiger charge is -2.07. The Hall–Kier alpha value is -4.07. The van der Waals surface area contributed by atoms with Gasteiger partial charge in [-0.2, -0.15) is 0 Å². The Balaban J connectivity index is 1.45. The molecule has 0 saturated carbocycles. The summed E-state index contributed by atoms with van der Waals surface area (Å²) < 4.78 is 3.91. The summed E-state index contributed by atoms with van der Waals surface area (Å²) in [5.74, 6) is 0.558. The zero-order valence-electron chi connectivity index (χ0n) is 18.2. The van der Waals surface area contributed by atoms with Crippen molar-refractivity contribution in [1.29, 1.82) is 0 Å². The highest BCUT2D eigenvalue weighted by atomic mass is 16.6. The van der Waals surface area contributed by atoms with E-state index in [1.807, 2.05) is 61.8 Å². The Labute approximate surface area is 185 Å². The van der Waals surface area contributed by atoms with Crippen LogP contribution in [0.2, 0.25) is 0 Å². The Kier molecular flexibility index (Phi) is 5.10. The quantitative estimate of drug-likeness (QED) is 0.302. The third kappa shape index (κ3) is 3.60. The molecule has 8 nitrogen and oxygen atoms in total. The number of pyridine rings is 1. The molecule has 0 unspecified atom stereocenters. The van der Waals surface area contributed by atoms with Crippen molar-refractivity contribution in [2.45, 2.75) is 33.9 Å². The van der Waals surface area contributed by atoms with Gasteiger partial charge in [0.05, 0.1) is 11.1 Å². The van der Waals surface area contributed by atoms with Crippen molar-refractivity contribution in [2.24, 2.45) is 5.16 Å². The molecule has 0 N–H and O–H groups in total. The van der Waals surface area contributed by atoms with Crippen molar-refractivity contribution >= 4 is 22.4 Å². The summed E-state index contributed by atoms with van der Waals surface area (Å²) >= 11 is 0. The molecule has 0 aliphatic heterocycles. The van der Waals surface area contributed by atoms with Gasteiger partial charge in [0.15, 0.2) is 18.1 Å². The molecule has 5 rings (SSSR count). The van der Waals surface area contributed by atoms with E-state index in [1.54, 1.807) is 10.8 Å². The minimum atomic E-state index is 0.184. The third-order valence-electron chi connectivity index (χ3n) is 5.67. The van der Waals surface area contributed by atoms with E-state index in [4.69, 9.17) is 9.82 Å². The average molecular weight is 425 g/mol. The fourth-order valence-corrected chi connectivity index (χ4v) is 3.82. The molecule has 0 fully saturated rings. The lowest BCUT2D eigenvalue weighted by molar-refractivity contribution is 0.125. The van der Waals surface area contributed by atoms with Crippen molar-refractivity contribution in [1.82, 2.24) is 29.1 Å². The van der Waals surface area contributed by atoms with Gasteiger partial charge in [0.2, 0.25) is 0 Å². The SMILES string of the molecule is CC(=NOCc1nc2c3c(C)c(C)n(Cc4ccncc4)c3ncn2n1)c1ccccc1. The minimum absolute atomic E-state index is 0.184. The van der Waals surface area contributed by atoms with E-state index in [0.717, 1.165) is 45.8 Å². The smallest absolute Gasteiger partial charge is 0.192 e. The molecule has 4 heterocycles. The number of fused-ring (bicyclic) bond motifs is 3. The zero-order chi connectivity index (χ0) is 22.1. The molecule has 0 amide bonds. The van der Waals surface area contributed by atoms with Gasteiger partial charge in [0.25, 0.3) is 0 Å². The summed E-state index contributed by atoms with van der Waals surface area (Å²) in [6, 6.07) is 13.9. The van der Waals surface area contributed by atoms with Crippen LogP contribution in [-0.4, -0.2) is 34.8 Å². The highest BCUT2D eigenvalue weighted by molar-refractivity contribution is 5.98. The molecule has 0 saturated heterocycles. The second-order valence-electron chi connectivity index (χ2n) is 7.71. The first-order valence-electron chi connectivity index (χ1n) is 10.4. The summed E-state index contributed by atoms with van der Waals surface area (Å²) in [6.45, 7) is 7.02. The lowest BCUT2D eigenvalue weighted by Crippen LogP contribution is -2.03. The van der Waals surface area contributed by atoms with Gasteiger partial charge in [-0.25, -0.2) is 14.5 Å². The molecule has 8 heteroatoms. The number of benzene rings is 1. The first-order valence-corrected chi connectivity index (χ1v) is 10.4. The summed E-state index contributed by atoms with van der Waals surface area (Å²) in [5.41, 5.74) is 6.95. The topological polar surface area (TPSA) is 82.5 Å². The standard InChI is InChI=1S/C24H23N7O/c1-16-18(3)30(13-19-9-11-25-12-10-19)23-22(16)24-27-21(28-31(24)15-26-23)14-32-29-17(2)20-7-5-4-6-8-20/h4-12,15H,13-14H2,1-3H3. The van der Waals surface area contributed by atoms with E-state index in [2.05, 4.69) is 38.6 Å². The summed E-state index contributed by atoms with van der Waals surface area (Å²) in [7, 11) is 0. The number of hydrogen-bond donors (Lipinski definition) is 0. The van der Waals surface area contributed by atoms with E-state index in [9.17, 15) is 0 Å². The number of hydrogen-bond acceptors (Lipinski definition) is 6. The van der Waals surface area contributed by atoms with Gasteiger partial charge in [-0.15, -0.1) is 5.10 Å². The monoisotopic (exact) mass is 425 g/mol. The number of aromatic nitrogens is 6. The third-order valence-corrected chi connectivity index (χ3v) is 5.67. The van der Waals surface area contributed by atoms with Crippen molar-refractivity contribution in [3.05, 3.63) is 89.4 Å². The molecule has 160 valence electrons. The lowest BCUT2D eigenvalue weighted by atomic mass is 10.1. The summed E-state index contributed by atoms with van der Waals surface area (Å²) in [6.07, 6.45) is 5.32. The first-order chi connectivity index (χ1) is 15.6. The molecule has 0 radical (unpaired) electrons. The fourth-order valence-electron chi connectivity index (χ4n) is 3.82. The van der Waals surface area contributed by atoms with Crippen LogP contribution in [0.4, 0.5) is 0 Å². The van der Waals surface area contributed by atoms with Crippen LogP contribution in [0.5, 0.6) is 0 Å². The predicted molar refractivity (Wildman–Crippen MR) is 123 cm³/mol. The molecule has 0 atom stereocenters. The average Bonchev–Trinajstić information content (AvgIpc) is 3.34. The largest absolute Gasteiger partial charge is 0.387 e. The Morgan fingerprint density at radius 2 is 1.81 bits per heavy atom. The highest BCUT2D eigenvalue weighted by Gasteiger charge is 2.18. The van der Waals surface area contributed by atoms with Crippen LogP contribution in [0, 0.1) is 13.8 Å². The van der Waals surface area contributed by atoms with Crippen LogP contribution in [-0.2, 0) is 18.0 Å². The van der Waals surface area contributed by atoms with Crippen LogP contribution < -0.4 is 0 Å². The van der Waals surface area contributed by atoms with Crippen LogP contribution in [0.1, 0.15) is 35.1 Å². The van der Waals surface area contributed by atoms with Crippen molar-refractivity contribution in [2.75, 3.05) is 0 Å². The van der Waals surface area contributed by atoms with Crippen LogP contribution in [0.15, 0.2) is 66.3 Å². The van der Waals surface area contributed by atoms with Crippen LogP contribution in [0.25, 0.3) is 16.7 Å². The minimum Gasteiger partial charge on any atom is -0.387 e. The Bertz CT molecular complexity index is 1420. The van der Waals surface area contributed by atoms with Gasteiger partial charge >= 0.3 is 0 Å². The molecule has 4 aromatic heterocycles. The Morgan fingerprint density at radius 1 is 1.03 bits per heavy atom. The molecular weight excluding hydrogens is 402 g/mol. The molecule has 0 spiro atoms. The van der Waals surface area contributed by atoms with E-state index >= 15 is 0 Å². The number of aryl methyl sites for hydroxylation is 1. The van der Waals surface area contributed by atoms with Gasteiger partial charge in [-0.3, -0.25) is 4.98 Å². The molecule has 0 bridgehead atoms. The van der Waals surface area contributed by atoms with Crippen molar-refractivity contribution < 1.29 is 4.84 Å². The van der Waals surface area contributed by atoms with E-state index < -0.39 is 0 Å². The Morgan fingerprint density at radius 3 is 2.59 bits per heavy atom. The molecular formula is C24H23N7O. The van der Waals surface area contributed by atoms with E-state index in [1.165, 1.54) is 5.56 Å². The van der Waals surface area contributed by atoms with Gasteiger partial charge < -0.3 is 9.40 Å². The number of oxime groups is 1. The van der Waals surface area contributed by atoms with Gasteiger partial charge in [0.1, 0.15) is 12.0 Å². The second kappa shape index (κ2) is 8.22. The second-order valence-corrected chi connectivity index (χ2v) is 7.71. The maximum Gasteiger partial charge on any atom is 0.192 e. The van der Waals surface area contributed by atoms with Gasteiger partial charge in [0, 0.05) is 24.6 Å². The highest BCUT2D eigenvalue weighted by Crippen LogP contribution is 2.27. The molecule has 5 aromatic rings. The summed E-state index contributed by atoms with van der Waals surface area (Å²) in [4.78, 5) is 19.1. The fraction of sp³-hybridized carbons (Fsp3) is 0.208. The summed E-state index contributed by atoms with van der Waals surface area (Å²) in [5, 5.41) is 9.74. The molecule has 1 aromatic carbocycles. The van der Waals surface area contributed by atoms with Crippen molar-refractivity contribution in [3.8, 4) is 0 Å². The van der Waals surface area contributed by atoms with Crippen LogP contribution in [0.3, 0.4) is 0 Å². The number of rotatable bonds is 6. The maximum absolute atomic E-state index is 5.53. The molecule has 0 aliphatic rings. The van der Waals surface area contributed by atoms with Gasteiger partial charge in [-0.1, -0.05) is 35.5 Å². The van der Waals surface area contributed by atoms with Crippen molar-refractivity contribution in [3.63, 3.8) is 0 Å². The molecule has 0 aliphatic carbocycles. The first kappa shape index (κ1) is 19.9. The predicted octanol–water partition coefficient (Wildman–Crippen LogP) is 4.08. The van der Waals surface area contributed by atoms with Gasteiger partial charge in [-0.05, 0) is 49.6 Å². The zero-order valence-corrected chi connectivity index (χ0v) is 18.2. The van der Waals surface area contributed by atoms with Crippen LogP contribution >= 0.6 is 0 Å². The molecule has 32 heavy (non-hydrogen) atoms. The normalized spacial score (nSPS) is 12.0. The number of nitrogens with zero attached hydrogens (tertiary/aromatic N) is 7. The van der Waals surface area contributed by atoms with E-state index in [0.29, 0.717) is 5.82 Å². The maximum atomic E-state index is 5.53.